The molecule has 0 bridgehead atoms. The number of carbonyl (C=O) groups is 3. The fraction of sp³-hybridized carbons (Fsp3) is 0.438. The molecule has 2 aliphatic heterocycles. The Labute approximate surface area is 163 Å². The monoisotopic (exact) mass is 410 g/mol. The van der Waals surface area contributed by atoms with Crippen molar-refractivity contribution in [1.29, 1.82) is 0 Å². The molecule has 2 fully saturated rings. The highest BCUT2D eigenvalue weighted by Gasteiger charge is 2.65. The molecule has 150 valence electrons. The molecule has 0 saturated carbocycles. The van der Waals surface area contributed by atoms with Crippen molar-refractivity contribution in [2.24, 2.45) is 11.5 Å². The molecule has 4 unspecified atom stereocenters. The number of fused-ring (bicyclic) bond motifs is 1. The summed E-state index contributed by atoms with van der Waals surface area (Å²) in [5.41, 5.74) is 11.3. The zero-order chi connectivity index (χ0) is 20.6. The fourth-order valence-electron chi connectivity index (χ4n) is 3.19. The van der Waals surface area contributed by atoms with Gasteiger partial charge in [0.25, 0.3) is 5.69 Å². The van der Waals surface area contributed by atoms with Gasteiger partial charge in [0.2, 0.25) is 5.91 Å². The minimum atomic E-state index is -1.01. The summed E-state index contributed by atoms with van der Waals surface area (Å²) in [5, 5.41) is 10.3. The normalized spacial score (nSPS) is 28.3. The van der Waals surface area contributed by atoms with Gasteiger partial charge >= 0.3 is 12.1 Å². The van der Waals surface area contributed by atoms with Gasteiger partial charge in [0.05, 0.1) is 9.67 Å². The average Bonchev–Trinajstić information content (AvgIpc) is 2.95. The van der Waals surface area contributed by atoms with Crippen LogP contribution >= 0.6 is 11.8 Å². The van der Waals surface area contributed by atoms with E-state index in [0.717, 1.165) is 0 Å². The number of amides is 2. The molecule has 3 rings (SSSR count). The first kappa shape index (κ1) is 19.9. The first-order valence-corrected chi connectivity index (χ1v) is 9.10. The molecule has 0 aromatic heterocycles. The average molecular weight is 410 g/mol. The molecule has 0 aliphatic carbocycles. The van der Waals surface area contributed by atoms with Crippen molar-refractivity contribution in [3.8, 4) is 0 Å². The van der Waals surface area contributed by atoms with Crippen LogP contribution in [-0.4, -0.2) is 56.6 Å². The van der Waals surface area contributed by atoms with Crippen LogP contribution in [0.3, 0.4) is 0 Å². The predicted molar refractivity (Wildman–Crippen MR) is 96.8 cm³/mol. The molecule has 2 heterocycles. The Morgan fingerprint density at radius 3 is 2.54 bits per heavy atom. The van der Waals surface area contributed by atoms with Crippen molar-refractivity contribution in [3.63, 3.8) is 0 Å². The van der Waals surface area contributed by atoms with Crippen LogP contribution in [-0.2, 0) is 25.7 Å². The Kier molecular flexibility index (Phi) is 5.17. The number of β-lactam (4-membered cyclic amide) rings is 1. The summed E-state index contributed by atoms with van der Waals surface area (Å²) in [6, 6.07) is 3.79. The zero-order valence-electron chi connectivity index (χ0n) is 14.8. The minimum absolute atomic E-state index is 0.0820. The highest BCUT2D eigenvalue weighted by atomic mass is 32.2. The third-order valence-electron chi connectivity index (χ3n) is 4.62. The molecule has 11 nitrogen and oxygen atoms in total. The number of primary amides is 1. The Balaban J connectivity index is 1.72. The summed E-state index contributed by atoms with van der Waals surface area (Å²) >= 11 is 1.25. The maximum absolute atomic E-state index is 12.7. The van der Waals surface area contributed by atoms with E-state index in [9.17, 15) is 24.5 Å². The molecule has 1 aromatic carbocycles. The summed E-state index contributed by atoms with van der Waals surface area (Å²) in [4.78, 5) is 47.4. The molecule has 12 heteroatoms. The molecule has 2 aliphatic rings. The van der Waals surface area contributed by atoms with Crippen molar-refractivity contribution in [2.45, 2.75) is 35.7 Å². The molecule has 1 aromatic rings. The van der Waals surface area contributed by atoms with Crippen molar-refractivity contribution in [1.82, 2.24) is 4.90 Å². The molecule has 4 N–H and O–H groups in total. The molecular weight excluding hydrogens is 392 g/mol. The van der Waals surface area contributed by atoms with E-state index in [1.54, 1.807) is 6.92 Å². The number of nitro benzene ring substituents is 1. The highest BCUT2D eigenvalue weighted by Crippen LogP contribution is 2.51. The number of thioether (sulfide) groups is 1. The Hall–Kier alpha value is -2.86. The lowest BCUT2D eigenvalue weighted by Crippen LogP contribution is -2.69. The fourth-order valence-corrected chi connectivity index (χ4v) is 4.81. The lowest BCUT2D eigenvalue weighted by molar-refractivity contribution is -0.384. The first-order chi connectivity index (χ1) is 13.1. The van der Waals surface area contributed by atoms with E-state index in [2.05, 4.69) is 0 Å². The van der Waals surface area contributed by atoms with Gasteiger partial charge in [0, 0.05) is 12.1 Å². The summed E-state index contributed by atoms with van der Waals surface area (Å²) in [6.45, 7) is 1.33. The van der Waals surface area contributed by atoms with Gasteiger partial charge in [-0.1, -0.05) is 0 Å². The minimum Gasteiger partial charge on any atom is -0.459 e. The molecule has 2 amide bonds. The second-order valence-corrected chi connectivity index (χ2v) is 8.29. The predicted octanol–water partition coefficient (Wildman–Crippen LogP) is 0.103. The van der Waals surface area contributed by atoms with E-state index in [0.29, 0.717) is 5.56 Å². The third kappa shape index (κ3) is 3.47. The number of carbonyl (C=O) groups excluding carboxylic acids is 3. The number of nitro groups is 1. The standard InChI is InChI=1S/C16H18N4O7S/c1-16(7-27-15(18)23)11(19-12(21)10(17)13(19)28-16)14(22)26-6-8-2-4-9(5-3-8)20(24)25/h2-5,10-11,13H,6-7,17H2,1H3,(H2,18,23). The number of ether oxygens (including phenoxy) is 2. The van der Waals surface area contributed by atoms with Crippen LogP contribution in [0.15, 0.2) is 24.3 Å². The molecular formula is C16H18N4O7S. The number of hydrogen-bond acceptors (Lipinski definition) is 9. The van der Waals surface area contributed by atoms with Crippen LogP contribution in [0.5, 0.6) is 0 Å². The van der Waals surface area contributed by atoms with Crippen LogP contribution in [0.25, 0.3) is 0 Å². The number of nitrogens with zero attached hydrogens (tertiary/aromatic N) is 2. The van der Waals surface area contributed by atoms with Gasteiger partial charge in [-0.25, -0.2) is 9.59 Å². The molecule has 4 atom stereocenters. The number of esters is 1. The zero-order valence-corrected chi connectivity index (χ0v) is 15.6. The van der Waals surface area contributed by atoms with Crippen LogP contribution in [0.4, 0.5) is 10.5 Å². The summed E-state index contributed by atoms with van der Waals surface area (Å²) < 4.78 is 9.22. The molecule has 28 heavy (non-hydrogen) atoms. The van der Waals surface area contributed by atoms with Gasteiger partial charge in [-0.05, 0) is 24.6 Å². The van der Waals surface area contributed by atoms with E-state index in [-0.39, 0.29) is 18.9 Å². The summed E-state index contributed by atoms with van der Waals surface area (Å²) in [6.07, 6.45) is -0.996. The molecule has 0 radical (unpaired) electrons. The van der Waals surface area contributed by atoms with Crippen LogP contribution < -0.4 is 11.5 Å². The van der Waals surface area contributed by atoms with Crippen LogP contribution in [0, 0.1) is 10.1 Å². The first-order valence-electron chi connectivity index (χ1n) is 8.22. The van der Waals surface area contributed by atoms with Crippen molar-refractivity contribution in [2.75, 3.05) is 6.61 Å². The number of non-ortho nitro benzene ring substituents is 1. The summed E-state index contributed by atoms with van der Waals surface area (Å²) in [7, 11) is 0. The SMILES string of the molecule is CC1(COC(N)=O)SC2C(N)C(=O)N2C1C(=O)OCc1ccc([N+](=O)[O-])cc1. The smallest absolute Gasteiger partial charge is 0.404 e. The number of hydrogen-bond donors (Lipinski definition) is 2. The maximum Gasteiger partial charge on any atom is 0.404 e. The van der Waals surface area contributed by atoms with Crippen LogP contribution in [0.2, 0.25) is 0 Å². The number of benzene rings is 1. The van der Waals surface area contributed by atoms with Gasteiger partial charge in [0.1, 0.15) is 30.7 Å². The van der Waals surface area contributed by atoms with Crippen LogP contribution in [0.1, 0.15) is 12.5 Å². The van der Waals surface area contributed by atoms with Gasteiger partial charge in [-0.15, -0.1) is 11.8 Å². The lowest BCUT2D eigenvalue weighted by Gasteiger charge is -2.42. The third-order valence-corrected chi connectivity index (χ3v) is 6.26. The number of rotatable bonds is 6. The largest absolute Gasteiger partial charge is 0.459 e. The molecule has 2 saturated heterocycles. The van der Waals surface area contributed by atoms with E-state index in [1.165, 1.54) is 40.9 Å². The maximum atomic E-state index is 12.7. The van der Waals surface area contributed by atoms with Gasteiger partial charge < -0.3 is 25.8 Å². The van der Waals surface area contributed by atoms with E-state index in [1.807, 2.05) is 0 Å². The lowest BCUT2D eigenvalue weighted by atomic mass is 9.95. The van der Waals surface area contributed by atoms with Crippen molar-refractivity contribution >= 4 is 35.4 Å². The van der Waals surface area contributed by atoms with Gasteiger partial charge in [-0.3, -0.25) is 14.9 Å². The quantitative estimate of drug-likeness (QED) is 0.286. The van der Waals surface area contributed by atoms with E-state index in [4.69, 9.17) is 20.9 Å². The summed E-state index contributed by atoms with van der Waals surface area (Å²) in [5.74, 6) is -1.08. The van der Waals surface area contributed by atoms with E-state index >= 15 is 0 Å². The topological polar surface area (TPSA) is 168 Å². The van der Waals surface area contributed by atoms with Gasteiger partial charge in [0.15, 0.2) is 0 Å². The van der Waals surface area contributed by atoms with E-state index < -0.39 is 45.1 Å². The Morgan fingerprint density at radius 2 is 1.96 bits per heavy atom. The van der Waals surface area contributed by atoms with Crippen molar-refractivity contribution < 1.29 is 28.8 Å². The Bertz CT molecular complexity index is 833. The number of nitrogens with two attached hydrogens (primary N) is 2. The second kappa shape index (κ2) is 7.28. The Morgan fingerprint density at radius 1 is 1.32 bits per heavy atom. The van der Waals surface area contributed by atoms with Crippen molar-refractivity contribution in [3.05, 3.63) is 39.9 Å². The molecule has 0 spiro atoms. The highest BCUT2D eigenvalue weighted by molar-refractivity contribution is 8.01. The second-order valence-electron chi connectivity index (χ2n) is 6.63. The van der Waals surface area contributed by atoms with Gasteiger partial charge in [-0.2, -0.15) is 0 Å².